The summed E-state index contributed by atoms with van der Waals surface area (Å²) < 4.78 is 5.41. The van der Waals surface area contributed by atoms with Gasteiger partial charge in [0, 0.05) is 35.3 Å². The predicted octanol–water partition coefficient (Wildman–Crippen LogP) is 4.28. The fourth-order valence-electron chi connectivity index (χ4n) is 6.46. The summed E-state index contributed by atoms with van der Waals surface area (Å²) in [4.78, 5) is 65.8. The molecular weight excluding hydrogens is 584 g/mol. The van der Waals surface area contributed by atoms with Crippen LogP contribution in [0.1, 0.15) is 24.3 Å². The minimum absolute atomic E-state index is 0.0867. The molecule has 0 bridgehead atoms. The molecule has 0 aromatic heterocycles. The van der Waals surface area contributed by atoms with Gasteiger partial charge in [-0.3, -0.25) is 29.3 Å². The number of carbonyl (C=O) groups excluding carboxylic acids is 4. The third kappa shape index (κ3) is 3.75. The first-order valence-corrected chi connectivity index (χ1v) is 13.3. The Kier molecular flexibility index (Phi) is 6.06. The van der Waals surface area contributed by atoms with Gasteiger partial charge in [-0.05, 0) is 58.5 Å². The molecule has 40 heavy (non-hydrogen) atoms. The number of aromatic hydroxyl groups is 1. The normalized spacial score (nSPS) is 25.7. The number of nitro benzene ring substituents is 1. The number of amides is 2. The lowest BCUT2D eigenvalue weighted by Crippen LogP contribution is -2.39. The summed E-state index contributed by atoms with van der Waals surface area (Å²) >= 11 is 3.19. The van der Waals surface area contributed by atoms with Gasteiger partial charge in [0.25, 0.3) is 5.69 Å². The molecule has 1 aliphatic heterocycles. The van der Waals surface area contributed by atoms with Crippen molar-refractivity contribution in [3.8, 4) is 11.5 Å². The molecule has 10 nitrogen and oxygen atoms in total. The van der Waals surface area contributed by atoms with Crippen LogP contribution < -0.4 is 9.64 Å². The summed E-state index contributed by atoms with van der Waals surface area (Å²) in [5.41, 5.74) is 1.77. The molecular formula is C29H21BrN2O8. The lowest BCUT2D eigenvalue weighted by Gasteiger charge is -2.42. The Morgan fingerprint density at radius 3 is 2.58 bits per heavy atom. The van der Waals surface area contributed by atoms with E-state index in [1.54, 1.807) is 12.1 Å². The third-order valence-electron chi connectivity index (χ3n) is 8.17. The minimum atomic E-state index is -0.824. The monoisotopic (exact) mass is 604 g/mol. The van der Waals surface area contributed by atoms with Crippen LogP contribution in [0.5, 0.6) is 11.5 Å². The van der Waals surface area contributed by atoms with E-state index in [1.165, 1.54) is 43.5 Å². The van der Waals surface area contributed by atoms with E-state index < -0.39 is 40.4 Å². The van der Waals surface area contributed by atoms with Crippen LogP contribution in [0.4, 0.5) is 11.4 Å². The lowest BCUT2D eigenvalue weighted by atomic mass is 9.59. The van der Waals surface area contributed by atoms with E-state index in [9.17, 15) is 34.4 Å². The number of nitrogens with zero attached hydrogens (tertiary/aromatic N) is 2. The van der Waals surface area contributed by atoms with Crippen molar-refractivity contribution in [1.29, 1.82) is 0 Å². The zero-order chi connectivity index (χ0) is 28.5. The van der Waals surface area contributed by atoms with Gasteiger partial charge in [0.2, 0.25) is 11.8 Å². The van der Waals surface area contributed by atoms with Crippen LogP contribution in [0, 0.1) is 27.9 Å². The number of anilines is 1. The number of fused-ring (bicyclic) bond motifs is 3. The molecule has 0 spiro atoms. The summed E-state index contributed by atoms with van der Waals surface area (Å²) in [6.07, 6.45) is 3.42. The number of Topliss-reactive ketones (excluding diaryl/α,β-unsaturated/α-hetero) is 1. The number of benzene rings is 2. The highest BCUT2D eigenvalue weighted by molar-refractivity contribution is 9.12. The number of imide groups is 1. The van der Waals surface area contributed by atoms with Crippen LogP contribution in [0.2, 0.25) is 0 Å². The number of ether oxygens (including phenoxy) is 1. The highest BCUT2D eigenvalue weighted by atomic mass is 79.9. The summed E-state index contributed by atoms with van der Waals surface area (Å²) in [6.45, 7) is 0. The van der Waals surface area contributed by atoms with E-state index in [2.05, 4.69) is 15.9 Å². The Morgan fingerprint density at radius 2 is 1.85 bits per heavy atom. The van der Waals surface area contributed by atoms with Crippen molar-refractivity contribution in [2.75, 3.05) is 12.0 Å². The fourth-order valence-corrected chi connectivity index (χ4v) is 6.91. The van der Waals surface area contributed by atoms with Gasteiger partial charge < -0.3 is 9.84 Å². The van der Waals surface area contributed by atoms with Gasteiger partial charge in [0.05, 0.1) is 34.0 Å². The van der Waals surface area contributed by atoms with Gasteiger partial charge in [-0.2, -0.15) is 0 Å². The zero-order valence-electron chi connectivity index (χ0n) is 21.0. The lowest BCUT2D eigenvalue weighted by molar-refractivity contribution is -0.384. The number of methoxy groups -OCH3 is 1. The molecule has 2 aromatic rings. The maximum Gasteiger partial charge on any atom is 0.271 e. The molecule has 1 saturated heterocycles. The van der Waals surface area contributed by atoms with Gasteiger partial charge in [-0.1, -0.05) is 23.8 Å². The molecule has 0 saturated carbocycles. The summed E-state index contributed by atoms with van der Waals surface area (Å²) in [7, 11) is 1.40. The number of carbonyl (C=O) groups is 4. The number of nitro groups is 1. The maximum atomic E-state index is 13.9. The van der Waals surface area contributed by atoms with Gasteiger partial charge in [0.1, 0.15) is 0 Å². The van der Waals surface area contributed by atoms with E-state index in [0.29, 0.717) is 11.1 Å². The Balaban J connectivity index is 1.48. The van der Waals surface area contributed by atoms with Crippen molar-refractivity contribution < 1.29 is 33.9 Å². The van der Waals surface area contributed by atoms with Crippen molar-refractivity contribution in [3.63, 3.8) is 0 Å². The largest absolute Gasteiger partial charge is 0.504 e. The standard InChI is InChI=1S/C29H21BrN2O8/c1-40-23-9-13(5-8-21(23)33)24-16-6-7-17-25(18(16)11-19-26(24)22(34)12-20(30)27(19)35)29(37)31(28(17)36)14-3-2-4-15(10-14)32(38)39/h2-6,8-10,12,17-18,24-25,33H,7,11H2,1H3/t17-,18+,24-,25-/m0/s1. The number of hydrogen-bond acceptors (Lipinski definition) is 8. The van der Waals surface area contributed by atoms with E-state index in [0.717, 1.165) is 10.5 Å². The minimum Gasteiger partial charge on any atom is -0.504 e. The zero-order valence-corrected chi connectivity index (χ0v) is 22.6. The summed E-state index contributed by atoms with van der Waals surface area (Å²) in [6, 6.07) is 10.1. The molecule has 0 radical (unpaired) electrons. The van der Waals surface area contributed by atoms with Crippen molar-refractivity contribution >= 4 is 50.7 Å². The molecule has 3 aliphatic carbocycles. The molecule has 1 heterocycles. The van der Waals surface area contributed by atoms with Gasteiger partial charge in [0.15, 0.2) is 23.1 Å². The summed E-state index contributed by atoms with van der Waals surface area (Å²) in [5, 5.41) is 21.5. The van der Waals surface area contributed by atoms with Gasteiger partial charge in [-0.15, -0.1) is 0 Å². The summed E-state index contributed by atoms with van der Waals surface area (Å²) in [5.74, 6) is -4.38. The van der Waals surface area contributed by atoms with E-state index in [-0.39, 0.29) is 57.3 Å². The van der Waals surface area contributed by atoms with Gasteiger partial charge in [-0.25, -0.2) is 4.90 Å². The maximum absolute atomic E-state index is 13.9. The van der Waals surface area contributed by atoms with Crippen LogP contribution >= 0.6 is 15.9 Å². The molecule has 2 amide bonds. The Labute approximate surface area is 235 Å². The van der Waals surface area contributed by atoms with Crippen LogP contribution in [0.3, 0.4) is 0 Å². The Bertz CT molecular complexity index is 1650. The molecule has 6 rings (SSSR count). The molecule has 202 valence electrons. The highest BCUT2D eigenvalue weighted by Crippen LogP contribution is 2.56. The number of ketones is 2. The smallest absolute Gasteiger partial charge is 0.271 e. The van der Waals surface area contributed by atoms with Gasteiger partial charge >= 0.3 is 0 Å². The number of hydrogen-bond donors (Lipinski definition) is 1. The number of phenols is 1. The second kappa shape index (κ2) is 9.37. The molecule has 1 N–H and O–H groups in total. The fraction of sp³-hybridized carbons (Fsp3) is 0.241. The topological polar surface area (TPSA) is 144 Å². The number of rotatable bonds is 4. The van der Waals surface area contributed by atoms with E-state index in [1.807, 2.05) is 6.08 Å². The number of non-ortho nitro benzene ring substituents is 1. The van der Waals surface area contributed by atoms with Crippen LogP contribution in [-0.4, -0.2) is 40.5 Å². The van der Waals surface area contributed by atoms with Crippen LogP contribution in [0.25, 0.3) is 0 Å². The van der Waals surface area contributed by atoms with Crippen molar-refractivity contribution in [1.82, 2.24) is 0 Å². The van der Waals surface area contributed by atoms with Crippen LogP contribution in [-0.2, 0) is 19.2 Å². The highest BCUT2D eigenvalue weighted by Gasteiger charge is 2.56. The van der Waals surface area contributed by atoms with Crippen LogP contribution in [0.15, 0.2) is 75.8 Å². The molecule has 4 aliphatic rings. The van der Waals surface area contributed by atoms with E-state index >= 15 is 0 Å². The van der Waals surface area contributed by atoms with Crippen molar-refractivity contribution in [2.45, 2.75) is 18.8 Å². The second-order valence-electron chi connectivity index (χ2n) is 10.1. The molecule has 0 unspecified atom stereocenters. The first kappa shape index (κ1) is 25.9. The SMILES string of the molecule is COc1cc([C@H]2C3=CC[C@@H]4C(=O)N(c5cccc([N+](=O)[O-])c5)C(=O)[C@@H]4[C@@H]3CC3=C2C(=O)C=C(Br)C3=O)ccc1O. The van der Waals surface area contributed by atoms with E-state index in [4.69, 9.17) is 4.74 Å². The predicted molar refractivity (Wildman–Crippen MR) is 145 cm³/mol. The number of halogens is 1. The first-order valence-electron chi connectivity index (χ1n) is 12.5. The molecule has 4 atom stereocenters. The Hall–Kier alpha value is -4.38. The molecule has 1 fully saturated rings. The number of phenolic OH excluding ortho intramolecular Hbond substituents is 1. The molecule has 2 aromatic carbocycles. The number of allylic oxidation sites excluding steroid dienone is 6. The quantitative estimate of drug-likeness (QED) is 0.179. The third-order valence-corrected chi connectivity index (χ3v) is 8.76. The second-order valence-corrected chi connectivity index (χ2v) is 11.0. The average Bonchev–Trinajstić information content (AvgIpc) is 3.20. The average molecular weight is 605 g/mol. The van der Waals surface area contributed by atoms with Crippen molar-refractivity contribution in [2.24, 2.45) is 17.8 Å². The molecule has 11 heteroatoms. The Morgan fingerprint density at radius 1 is 1.07 bits per heavy atom. The first-order chi connectivity index (χ1) is 19.1. The van der Waals surface area contributed by atoms with Crippen molar-refractivity contribution in [3.05, 3.63) is 91.5 Å².